The number of nitrogens with zero attached hydrogens (tertiary/aromatic N) is 2. The van der Waals surface area contributed by atoms with Gasteiger partial charge in [-0.2, -0.15) is 0 Å². The van der Waals surface area contributed by atoms with Crippen molar-refractivity contribution in [1.82, 2.24) is 9.38 Å². The van der Waals surface area contributed by atoms with Crippen LogP contribution < -0.4 is 10.2 Å². The van der Waals surface area contributed by atoms with Gasteiger partial charge in [0.05, 0.1) is 26.1 Å². The molecule has 0 bridgehead atoms. The number of amides is 2. The van der Waals surface area contributed by atoms with E-state index >= 15 is 0 Å². The van der Waals surface area contributed by atoms with Crippen molar-refractivity contribution in [2.24, 2.45) is 0 Å². The molecule has 0 aromatic heterocycles. The van der Waals surface area contributed by atoms with E-state index in [0.29, 0.717) is 18.7 Å². The molecule has 28 heavy (non-hydrogen) atoms. The van der Waals surface area contributed by atoms with Gasteiger partial charge in [-0.15, -0.1) is 0 Å². The van der Waals surface area contributed by atoms with Gasteiger partial charge < -0.3 is 15.7 Å². The van der Waals surface area contributed by atoms with Crippen LogP contribution in [0.5, 0.6) is 0 Å². The van der Waals surface area contributed by atoms with Crippen LogP contribution in [0.15, 0.2) is 42.5 Å². The van der Waals surface area contributed by atoms with Gasteiger partial charge in [0, 0.05) is 30.3 Å². The van der Waals surface area contributed by atoms with Gasteiger partial charge in [-0.05, 0) is 49.2 Å². The predicted molar refractivity (Wildman–Crippen MR) is 112 cm³/mol. The van der Waals surface area contributed by atoms with Gasteiger partial charge in [-0.3, -0.25) is 0 Å². The van der Waals surface area contributed by atoms with Gasteiger partial charge in [0.1, 0.15) is 5.69 Å². The highest BCUT2D eigenvalue weighted by atomic mass is 16.4. The predicted octanol–water partition coefficient (Wildman–Crippen LogP) is 4.25. The van der Waals surface area contributed by atoms with E-state index < -0.39 is 6.09 Å². The van der Waals surface area contributed by atoms with Crippen LogP contribution in [0.25, 0.3) is 11.1 Å². The number of anilines is 1. The molecule has 1 aliphatic rings. The summed E-state index contributed by atoms with van der Waals surface area (Å²) in [5.41, 5.74) is 10.2. The van der Waals surface area contributed by atoms with Crippen LogP contribution in [0.2, 0.25) is 0 Å². The lowest BCUT2D eigenvalue weighted by Crippen LogP contribution is -2.60. The normalized spacial score (nSPS) is 23.7. The molecule has 0 spiro atoms. The van der Waals surface area contributed by atoms with Gasteiger partial charge in [0.2, 0.25) is 0 Å². The maximum atomic E-state index is 12.6. The van der Waals surface area contributed by atoms with E-state index in [1.807, 2.05) is 63.4 Å². The number of hydrogen-bond donors (Lipinski definition) is 2. The molecule has 2 aromatic carbocycles. The smallest absolute Gasteiger partial charge is 0.407 e. The second-order valence-corrected chi connectivity index (χ2v) is 7.66. The monoisotopic (exact) mass is 382 g/mol. The SMILES string of the molecule is CCN(C(=O)O)[C@@H]1C[C@H](C)[N+](C)(C(C)=O)c2ccc(-c3ccc(N)cc3)cc21. The molecule has 3 rings (SSSR count). The highest BCUT2D eigenvalue weighted by Gasteiger charge is 2.47. The zero-order valence-corrected chi connectivity index (χ0v) is 16.8. The van der Waals surface area contributed by atoms with E-state index in [-0.39, 0.29) is 22.5 Å². The largest absolute Gasteiger partial charge is 0.465 e. The van der Waals surface area contributed by atoms with E-state index in [2.05, 4.69) is 0 Å². The molecular formula is C22H28N3O3+. The average molecular weight is 382 g/mol. The van der Waals surface area contributed by atoms with Crippen molar-refractivity contribution in [2.45, 2.75) is 39.3 Å². The molecule has 3 atom stereocenters. The van der Waals surface area contributed by atoms with Gasteiger partial charge >= 0.3 is 12.0 Å². The van der Waals surface area contributed by atoms with Gasteiger partial charge in [0.15, 0.2) is 0 Å². The lowest BCUT2D eigenvalue weighted by Gasteiger charge is -2.45. The molecule has 6 nitrogen and oxygen atoms in total. The maximum absolute atomic E-state index is 12.6. The second kappa shape index (κ2) is 7.28. The number of carboxylic acid groups (broad SMARTS) is 1. The zero-order chi connectivity index (χ0) is 20.6. The summed E-state index contributed by atoms with van der Waals surface area (Å²) in [5.74, 6) is 0.0470. The Kier molecular flexibility index (Phi) is 5.17. The molecule has 1 heterocycles. The Morgan fingerprint density at radius 3 is 2.32 bits per heavy atom. The molecule has 0 radical (unpaired) electrons. The van der Waals surface area contributed by atoms with Crippen LogP contribution in [-0.4, -0.2) is 41.6 Å². The third kappa shape index (κ3) is 3.14. The maximum Gasteiger partial charge on any atom is 0.407 e. The van der Waals surface area contributed by atoms with Crippen molar-refractivity contribution in [3.8, 4) is 11.1 Å². The number of nitrogen functional groups attached to an aromatic ring is 1. The molecule has 1 aliphatic heterocycles. The zero-order valence-electron chi connectivity index (χ0n) is 16.8. The fourth-order valence-corrected chi connectivity index (χ4v) is 4.26. The standard InChI is InChI=1S/C22H27N3O3/c1-5-24(22(27)28)20-12-14(2)25(4,15(3)26)21-11-8-17(13-19(20)21)16-6-9-18(23)10-7-16/h6-11,13-14,20H,5,12,23H2,1-4H3/p+1/t14-,20+,25?/m0/s1. The quantitative estimate of drug-likeness (QED) is 0.614. The van der Waals surface area contributed by atoms with Crippen molar-refractivity contribution >= 4 is 23.4 Å². The first-order valence-electron chi connectivity index (χ1n) is 9.57. The highest BCUT2D eigenvalue weighted by Crippen LogP contribution is 2.45. The molecule has 2 aromatic rings. The Morgan fingerprint density at radius 1 is 1.18 bits per heavy atom. The summed E-state index contributed by atoms with van der Waals surface area (Å²) in [6.07, 6.45) is -0.350. The minimum atomic E-state index is -0.942. The summed E-state index contributed by atoms with van der Waals surface area (Å²) in [6.45, 7) is 5.85. The Hall–Kier alpha value is -2.86. The lowest BCUT2D eigenvalue weighted by molar-refractivity contribution is -0.129. The summed E-state index contributed by atoms with van der Waals surface area (Å²) in [7, 11) is 1.92. The number of benzene rings is 2. The summed E-state index contributed by atoms with van der Waals surface area (Å²) >= 11 is 0. The molecule has 0 fully saturated rings. The number of fused-ring (bicyclic) bond motifs is 1. The molecule has 0 aliphatic carbocycles. The third-order valence-corrected chi connectivity index (χ3v) is 6.19. The van der Waals surface area contributed by atoms with Gasteiger partial charge in [0.25, 0.3) is 0 Å². The minimum absolute atomic E-state index is 0.0224. The van der Waals surface area contributed by atoms with E-state index in [1.165, 1.54) is 4.90 Å². The molecule has 6 heteroatoms. The van der Waals surface area contributed by atoms with E-state index in [0.717, 1.165) is 22.4 Å². The van der Waals surface area contributed by atoms with Crippen LogP contribution in [0.3, 0.4) is 0 Å². The van der Waals surface area contributed by atoms with Crippen LogP contribution in [-0.2, 0) is 4.79 Å². The fourth-order valence-electron chi connectivity index (χ4n) is 4.26. The fraction of sp³-hybridized carbons (Fsp3) is 0.364. The number of rotatable bonds is 3. The van der Waals surface area contributed by atoms with E-state index in [1.54, 1.807) is 6.92 Å². The van der Waals surface area contributed by atoms with Gasteiger partial charge in [-0.1, -0.05) is 12.1 Å². The first kappa shape index (κ1) is 19.9. The molecule has 1 unspecified atom stereocenters. The molecule has 2 amide bonds. The van der Waals surface area contributed by atoms with Crippen LogP contribution >= 0.6 is 0 Å². The number of nitrogens with two attached hydrogens (primary N) is 1. The molecular weight excluding hydrogens is 354 g/mol. The number of hydrogen-bond acceptors (Lipinski definition) is 3. The first-order valence-corrected chi connectivity index (χ1v) is 9.57. The van der Waals surface area contributed by atoms with Crippen molar-refractivity contribution < 1.29 is 14.7 Å². The summed E-state index contributed by atoms with van der Waals surface area (Å²) in [6, 6.07) is 13.3. The second-order valence-electron chi connectivity index (χ2n) is 7.66. The van der Waals surface area contributed by atoms with E-state index in [4.69, 9.17) is 5.73 Å². The molecule has 0 saturated carbocycles. The Bertz CT molecular complexity index is 910. The Morgan fingerprint density at radius 2 is 1.79 bits per heavy atom. The number of carbonyl (C=O) groups is 2. The van der Waals surface area contributed by atoms with Crippen LogP contribution in [0.4, 0.5) is 16.2 Å². The Balaban J connectivity index is 2.21. The Labute approximate surface area is 165 Å². The van der Waals surface area contributed by atoms with Crippen molar-refractivity contribution in [1.29, 1.82) is 0 Å². The highest BCUT2D eigenvalue weighted by molar-refractivity contribution is 5.89. The van der Waals surface area contributed by atoms with Crippen LogP contribution in [0.1, 0.15) is 38.8 Å². The lowest BCUT2D eigenvalue weighted by atomic mass is 9.86. The molecule has 0 saturated heterocycles. The van der Waals surface area contributed by atoms with Crippen molar-refractivity contribution in [2.75, 3.05) is 19.3 Å². The van der Waals surface area contributed by atoms with Crippen molar-refractivity contribution in [3.05, 3.63) is 48.0 Å². The molecule has 3 N–H and O–H groups in total. The number of quaternary nitrogens is 1. The number of carbonyl (C=O) groups excluding carboxylic acids is 1. The third-order valence-electron chi connectivity index (χ3n) is 6.19. The topological polar surface area (TPSA) is 83.6 Å². The minimum Gasteiger partial charge on any atom is -0.465 e. The summed E-state index contributed by atoms with van der Waals surface area (Å²) in [4.78, 5) is 25.9. The molecule has 148 valence electrons. The summed E-state index contributed by atoms with van der Waals surface area (Å²) < 4.78 is 0.172. The van der Waals surface area contributed by atoms with Crippen molar-refractivity contribution in [3.63, 3.8) is 0 Å². The van der Waals surface area contributed by atoms with Gasteiger partial charge in [-0.25, -0.2) is 14.1 Å². The van der Waals surface area contributed by atoms with Crippen LogP contribution in [0, 0.1) is 0 Å². The first-order chi connectivity index (χ1) is 13.2. The van der Waals surface area contributed by atoms with E-state index in [9.17, 15) is 14.7 Å². The average Bonchev–Trinajstić information content (AvgIpc) is 2.66. The summed E-state index contributed by atoms with van der Waals surface area (Å²) in [5, 5.41) is 9.73.